The van der Waals surface area contributed by atoms with Gasteiger partial charge in [0, 0.05) is 31.9 Å². The number of nitrogens with zero attached hydrogens (tertiary/aromatic N) is 3. The molecule has 26 heavy (non-hydrogen) atoms. The molecule has 1 aliphatic heterocycles. The van der Waals surface area contributed by atoms with E-state index in [-0.39, 0.29) is 11.8 Å². The molecule has 0 radical (unpaired) electrons. The highest BCUT2D eigenvalue weighted by atomic mass is 16.2. The van der Waals surface area contributed by atoms with E-state index in [1.165, 1.54) is 44.7 Å². The van der Waals surface area contributed by atoms with Gasteiger partial charge >= 0.3 is 0 Å². The number of amides is 2. The number of quaternary nitrogens is 1. The van der Waals surface area contributed by atoms with Gasteiger partial charge in [-0.2, -0.15) is 0 Å². The minimum atomic E-state index is -0.155. The Labute approximate surface area is 156 Å². The lowest BCUT2D eigenvalue weighted by Gasteiger charge is -2.24. The molecule has 2 heterocycles. The fourth-order valence-corrected chi connectivity index (χ4v) is 3.24. The van der Waals surface area contributed by atoms with Gasteiger partial charge in [-0.3, -0.25) is 14.6 Å². The van der Waals surface area contributed by atoms with Gasteiger partial charge in [-0.25, -0.2) is 4.98 Å². The summed E-state index contributed by atoms with van der Waals surface area (Å²) in [4.78, 5) is 36.0. The first-order valence-electron chi connectivity index (χ1n) is 9.86. The molecule has 0 saturated carbocycles. The topological polar surface area (TPSA) is 79.6 Å². The number of hydrogen-bond donors (Lipinski definition) is 2. The Hall–Kier alpha value is -2.02. The average molecular weight is 362 g/mol. The van der Waals surface area contributed by atoms with Crippen LogP contribution in [0.25, 0.3) is 0 Å². The smallest absolute Gasteiger partial charge is 0.274 e. The van der Waals surface area contributed by atoms with E-state index in [4.69, 9.17) is 0 Å². The first-order valence-corrected chi connectivity index (χ1v) is 9.86. The third-order valence-corrected chi connectivity index (χ3v) is 4.82. The zero-order valence-electron chi connectivity index (χ0n) is 15.9. The van der Waals surface area contributed by atoms with Crippen molar-refractivity contribution in [2.24, 2.45) is 0 Å². The highest BCUT2D eigenvalue weighted by Crippen LogP contribution is 2.04. The molecule has 2 N–H and O–H groups in total. The number of carbonyl (C=O) groups excluding carboxylic acids is 2. The first-order chi connectivity index (χ1) is 12.7. The number of carbonyl (C=O) groups is 2. The van der Waals surface area contributed by atoms with Crippen LogP contribution in [0.2, 0.25) is 0 Å². The van der Waals surface area contributed by atoms with Crippen LogP contribution >= 0.6 is 0 Å². The monoisotopic (exact) mass is 362 g/mol. The van der Waals surface area contributed by atoms with Crippen LogP contribution < -0.4 is 10.2 Å². The second-order valence-corrected chi connectivity index (χ2v) is 6.90. The Balaban J connectivity index is 1.74. The quantitative estimate of drug-likeness (QED) is 0.627. The lowest BCUT2D eigenvalue weighted by molar-refractivity contribution is -0.903. The second kappa shape index (κ2) is 11.6. The molecule has 1 aromatic rings. The minimum Gasteiger partial charge on any atom is -0.350 e. The summed E-state index contributed by atoms with van der Waals surface area (Å²) in [7, 11) is 0. The third-order valence-electron chi connectivity index (χ3n) is 4.82. The molecule has 1 fully saturated rings. The molecule has 0 aliphatic carbocycles. The van der Waals surface area contributed by atoms with Crippen molar-refractivity contribution in [1.82, 2.24) is 20.2 Å². The zero-order chi connectivity index (χ0) is 18.6. The molecule has 0 spiro atoms. The van der Waals surface area contributed by atoms with Crippen molar-refractivity contribution in [2.75, 3.05) is 39.3 Å². The summed E-state index contributed by atoms with van der Waals surface area (Å²) in [5.74, 6) is -0.146. The molecular formula is C19H32N5O2+. The van der Waals surface area contributed by atoms with Crippen molar-refractivity contribution in [3.63, 3.8) is 0 Å². The molecule has 2 amide bonds. The summed E-state index contributed by atoms with van der Waals surface area (Å²) < 4.78 is 0. The molecule has 144 valence electrons. The van der Waals surface area contributed by atoms with Crippen LogP contribution in [0.4, 0.5) is 0 Å². The Morgan fingerprint density at radius 3 is 2.69 bits per heavy atom. The fourth-order valence-electron chi connectivity index (χ4n) is 3.24. The molecule has 7 nitrogen and oxygen atoms in total. The molecule has 0 atom stereocenters. The van der Waals surface area contributed by atoms with Crippen LogP contribution in [0.3, 0.4) is 0 Å². The summed E-state index contributed by atoms with van der Waals surface area (Å²) in [5.41, 5.74) is 0.331. The summed E-state index contributed by atoms with van der Waals surface area (Å²) in [6.07, 6.45) is 10.7. The van der Waals surface area contributed by atoms with E-state index >= 15 is 0 Å². The number of rotatable bonds is 10. The molecule has 7 heteroatoms. The second-order valence-electron chi connectivity index (χ2n) is 6.90. The van der Waals surface area contributed by atoms with E-state index in [2.05, 4.69) is 22.2 Å². The number of unbranched alkanes of at least 4 members (excludes halogenated alkanes) is 1. The van der Waals surface area contributed by atoms with Gasteiger partial charge in [0.05, 0.1) is 32.4 Å². The van der Waals surface area contributed by atoms with Crippen molar-refractivity contribution in [1.29, 1.82) is 0 Å². The largest absolute Gasteiger partial charge is 0.350 e. The summed E-state index contributed by atoms with van der Waals surface area (Å²) in [5, 5.41) is 2.99. The maximum Gasteiger partial charge on any atom is 0.274 e. The van der Waals surface area contributed by atoms with E-state index in [1.54, 1.807) is 16.0 Å². The van der Waals surface area contributed by atoms with Gasteiger partial charge in [-0.15, -0.1) is 0 Å². The van der Waals surface area contributed by atoms with Crippen LogP contribution in [0, 0.1) is 0 Å². The number of likely N-dealkylation sites (tertiary alicyclic amines) is 1. The van der Waals surface area contributed by atoms with Gasteiger partial charge in [0.2, 0.25) is 5.91 Å². The maximum atomic E-state index is 12.6. The van der Waals surface area contributed by atoms with E-state index < -0.39 is 0 Å². The predicted molar refractivity (Wildman–Crippen MR) is 99.9 cm³/mol. The summed E-state index contributed by atoms with van der Waals surface area (Å²) in [6, 6.07) is 0. The van der Waals surface area contributed by atoms with Gasteiger partial charge in [0.1, 0.15) is 5.69 Å². The lowest BCUT2D eigenvalue weighted by Crippen LogP contribution is -3.13. The van der Waals surface area contributed by atoms with Gasteiger partial charge in [0.25, 0.3) is 5.91 Å². The molecular weight excluding hydrogens is 330 g/mol. The third kappa shape index (κ3) is 7.07. The molecule has 2 rings (SSSR count). The predicted octanol–water partition coefficient (Wildman–Crippen LogP) is 0.294. The van der Waals surface area contributed by atoms with Crippen LogP contribution in [0.1, 0.15) is 55.9 Å². The van der Waals surface area contributed by atoms with Crippen molar-refractivity contribution in [3.05, 3.63) is 24.3 Å². The molecule has 1 aliphatic rings. The fraction of sp³-hybridized carbons (Fsp3) is 0.684. The summed E-state index contributed by atoms with van der Waals surface area (Å²) in [6.45, 7) is 7.27. The number of nitrogens with one attached hydrogen (secondary N) is 2. The first kappa shape index (κ1) is 20.3. The molecule has 1 saturated heterocycles. The highest BCUT2D eigenvalue weighted by Gasteiger charge is 2.18. The zero-order valence-corrected chi connectivity index (χ0v) is 15.9. The normalized spacial score (nSPS) is 14.8. The Morgan fingerprint density at radius 1 is 1.19 bits per heavy atom. The van der Waals surface area contributed by atoms with Crippen molar-refractivity contribution in [3.8, 4) is 0 Å². The summed E-state index contributed by atoms with van der Waals surface area (Å²) >= 11 is 0. The maximum absolute atomic E-state index is 12.6. The molecule has 0 aromatic carbocycles. The Morgan fingerprint density at radius 2 is 2.00 bits per heavy atom. The van der Waals surface area contributed by atoms with Gasteiger partial charge < -0.3 is 15.1 Å². The van der Waals surface area contributed by atoms with E-state index in [0.29, 0.717) is 31.7 Å². The van der Waals surface area contributed by atoms with Crippen LogP contribution in [0.5, 0.6) is 0 Å². The van der Waals surface area contributed by atoms with Crippen molar-refractivity contribution >= 4 is 11.8 Å². The molecule has 0 unspecified atom stereocenters. The standard InChI is InChI=1S/C19H31N5O2/c1-2-3-13-24(19(26)17-16-20-8-9-21-17)14-7-18(25)22-10-15-23-11-5-4-6-12-23/h8-9,16H,2-7,10-15H2,1H3,(H,22,25)/p+1. The van der Waals surface area contributed by atoms with Gasteiger partial charge in [-0.1, -0.05) is 13.3 Å². The minimum absolute atomic E-state index is 0.00912. The van der Waals surface area contributed by atoms with Crippen LogP contribution in [0.15, 0.2) is 18.6 Å². The van der Waals surface area contributed by atoms with E-state index in [1.807, 2.05) is 0 Å². The van der Waals surface area contributed by atoms with Crippen LogP contribution in [-0.4, -0.2) is 66.0 Å². The highest BCUT2D eigenvalue weighted by molar-refractivity contribution is 5.92. The lowest BCUT2D eigenvalue weighted by atomic mass is 10.1. The Bertz CT molecular complexity index is 546. The van der Waals surface area contributed by atoms with Crippen LogP contribution in [-0.2, 0) is 4.79 Å². The molecule has 0 bridgehead atoms. The van der Waals surface area contributed by atoms with Crippen molar-refractivity contribution < 1.29 is 14.5 Å². The van der Waals surface area contributed by atoms with E-state index in [9.17, 15) is 9.59 Å². The van der Waals surface area contributed by atoms with Gasteiger partial charge in [-0.05, 0) is 25.7 Å². The Kier molecular flexibility index (Phi) is 9.03. The number of piperidine rings is 1. The number of hydrogen-bond acceptors (Lipinski definition) is 4. The SMILES string of the molecule is CCCCN(CCC(=O)NCC[NH+]1CCCCC1)C(=O)c1cnccn1. The van der Waals surface area contributed by atoms with Crippen molar-refractivity contribution in [2.45, 2.75) is 45.4 Å². The van der Waals surface area contributed by atoms with E-state index in [0.717, 1.165) is 19.4 Å². The molecule has 1 aromatic heterocycles. The average Bonchev–Trinajstić information content (AvgIpc) is 2.69. The van der Waals surface area contributed by atoms with Gasteiger partial charge in [0.15, 0.2) is 0 Å². The number of aromatic nitrogens is 2.